The Balaban J connectivity index is 1.83. The van der Waals surface area contributed by atoms with Crippen LogP contribution in [0.5, 0.6) is 0 Å². The summed E-state index contributed by atoms with van der Waals surface area (Å²) < 4.78 is 0. The molecule has 0 spiro atoms. The molecule has 3 nitrogen and oxygen atoms in total. The van der Waals surface area contributed by atoms with Crippen LogP contribution in [-0.2, 0) is 15.2 Å². The van der Waals surface area contributed by atoms with Crippen molar-refractivity contribution in [2.24, 2.45) is 0 Å². The molecular formula is C23H36O3. The number of carbonyl (C=O) groups excluding carboxylic acids is 1. The van der Waals surface area contributed by atoms with E-state index in [4.69, 9.17) is 9.78 Å². The number of hydrogen-bond acceptors (Lipinski definition) is 3. The van der Waals surface area contributed by atoms with E-state index in [1.165, 1.54) is 50.5 Å². The Morgan fingerprint density at radius 2 is 1.27 bits per heavy atom. The van der Waals surface area contributed by atoms with Crippen LogP contribution < -0.4 is 0 Å². The van der Waals surface area contributed by atoms with Crippen LogP contribution in [0.25, 0.3) is 0 Å². The molecule has 0 radical (unpaired) electrons. The molecule has 0 amide bonds. The van der Waals surface area contributed by atoms with Crippen molar-refractivity contribution in [2.75, 3.05) is 0 Å². The molecule has 1 aliphatic carbocycles. The number of carbonyl (C=O) groups is 1. The zero-order valence-electron chi connectivity index (χ0n) is 16.9. The molecule has 146 valence electrons. The minimum Gasteiger partial charge on any atom is -0.293 e. The highest BCUT2D eigenvalue weighted by Crippen LogP contribution is 2.23. The van der Waals surface area contributed by atoms with E-state index < -0.39 is 5.97 Å². The average molecular weight is 361 g/mol. The summed E-state index contributed by atoms with van der Waals surface area (Å²) in [6.07, 6.45) is 13.5. The lowest BCUT2D eigenvalue weighted by molar-refractivity contribution is -0.277. The molecule has 0 saturated heterocycles. The smallest absolute Gasteiger partial charge is 0.293 e. The van der Waals surface area contributed by atoms with Gasteiger partial charge in [-0.05, 0) is 36.0 Å². The molecule has 3 heteroatoms. The Bertz CT molecular complexity index is 515. The molecular weight excluding hydrogens is 324 g/mol. The monoisotopic (exact) mass is 360 g/mol. The molecule has 1 saturated carbocycles. The zero-order chi connectivity index (χ0) is 18.8. The van der Waals surface area contributed by atoms with Crippen LogP contribution >= 0.6 is 0 Å². The Labute approximate surface area is 159 Å². The van der Waals surface area contributed by atoms with E-state index >= 15 is 0 Å². The van der Waals surface area contributed by atoms with Crippen molar-refractivity contribution in [3.8, 4) is 0 Å². The van der Waals surface area contributed by atoms with Crippen molar-refractivity contribution in [1.29, 1.82) is 0 Å². The summed E-state index contributed by atoms with van der Waals surface area (Å²) in [5.74, 6) is -0.392. The lowest BCUT2D eigenvalue weighted by Crippen LogP contribution is -2.17. The highest BCUT2D eigenvalue weighted by molar-refractivity contribution is 5.88. The van der Waals surface area contributed by atoms with Gasteiger partial charge in [-0.3, -0.25) is 4.89 Å². The van der Waals surface area contributed by atoms with Crippen molar-refractivity contribution in [1.82, 2.24) is 0 Å². The largest absolute Gasteiger partial charge is 0.373 e. The van der Waals surface area contributed by atoms with Gasteiger partial charge in [-0.1, -0.05) is 90.7 Å². The summed E-state index contributed by atoms with van der Waals surface area (Å²) in [4.78, 5) is 23.0. The second-order valence-electron chi connectivity index (χ2n) is 8.68. The first-order chi connectivity index (χ1) is 12.5. The Hall–Kier alpha value is -1.35. The first kappa shape index (κ1) is 21.0. The molecule has 0 unspecified atom stereocenters. The molecule has 0 aromatic heterocycles. The zero-order valence-corrected chi connectivity index (χ0v) is 16.9. The van der Waals surface area contributed by atoms with Crippen molar-refractivity contribution < 1.29 is 14.6 Å². The van der Waals surface area contributed by atoms with Crippen molar-refractivity contribution in [3.63, 3.8) is 0 Å². The van der Waals surface area contributed by atoms with Gasteiger partial charge in [0.25, 0.3) is 0 Å². The quantitative estimate of drug-likeness (QED) is 0.442. The lowest BCUT2D eigenvalue weighted by Gasteiger charge is -2.19. The highest BCUT2D eigenvalue weighted by atomic mass is 17.2. The summed E-state index contributed by atoms with van der Waals surface area (Å²) in [5, 5.41) is 0. The van der Waals surface area contributed by atoms with Gasteiger partial charge in [-0.25, -0.2) is 4.79 Å². The molecule has 1 aromatic rings. The van der Waals surface area contributed by atoms with E-state index in [-0.39, 0.29) is 11.5 Å². The molecule has 26 heavy (non-hydrogen) atoms. The number of benzene rings is 1. The maximum atomic E-state index is 12.3. The average Bonchev–Trinajstić information content (AvgIpc) is 2.60. The van der Waals surface area contributed by atoms with Gasteiger partial charge in [0.2, 0.25) is 0 Å². The van der Waals surface area contributed by atoms with Crippen molar-refractivity contribution in [3.05, 3.63) is 35.4 Å². The van der Waals surface area contributed by atoms with Gasteiger partial charge in [0.1, 0.15) is 6.10 Å². The Morgan fingerprint density at radius 1 is 0.808 bits per heavy atom. The van der Waals surface area contributed by atoms with Crippen LogP contribution in [0.1, 0.15) is 107 Å². The molecule has 0 heterocycles. The topological polar surface area (TPSA) is 35.5 Å². The van der Waals surface area contributed by atoms with E-state index in [1.807, 2.05) is 24.3 Å². The number of rotatable bonds is 3. The first-order valence-electron chi connectivity index (χ1n) is 10.4. The second kappa shape index (κ2) is 10.7. The normalized spacial score (nSPS) is 18.6. The third-order valence-electron chi connectivity index (χ3n) is 5.30. The molecule has 1 fully saturated rings. The molecule has 0 N–H and O–H groups in total. The third kappa shape index (κ3) is 7.49. The summed E-state index contributed by atoms with van der Waals surface area (Å²) in [7, 11) is 0. The standard InChI is InChI=1S/C23H36O3/c1-23(2,3)20-17-15-19(16-18-20)22(24)26-25-21-13-11-9-7-5-4-6-8-10-12-14-21/h15-18,21H,4-14H2,1-3H3. The van der Waals surface area contributed by atoms with Gasteiger partial charge < -0.3 is 0 Å². The van der Waals surface area contributed by atoms with Crippen LogP contribution in [0.15, 0.2) is 24.3 Å². The fourth-order valence-electron chi connectivity index (χ4n) is 3.49. The summed E-state index contributed by atoms with van der Waals surface area (Å²) >= 11 is 0. The van der Waals surface area contributed by atoms with Gasteiger partial charge in [0.15, 0.2) is 0 Å². The van der Waals surface area contributed by atoms with E-state index in [2.05, 4.69) is 20.8 Å². The van der Waals surface area contributed by atoms with Crippen LogP contribution in [0.2, 0.25) is 0 Å². The molecule has 0 bridgehead atoms. The first-order valence-corrected chi connectivity index (χ1v) is 10.4. The van der Waals surface area contributed by atoms with Gasteiger partial charge in [0.05, 0.1) is 5.56 Å². The van der Waals surface area contributed by atoms with Crippen LogP contribution in [0.3, 0.4) is 0 Å². The van der Waals surface area contributed by atoms with Gasteiger partial charge in [-0.15, -0.1) is 0 Å². The predicted octanol–water partition coefficient (Wildman–Crippen LogP) is 6.75. The SMILES string of the molecule is CC(C)(C)c1ccc(C(=O)OOC2CCCCCCCCCCC2)cc1. The minimum atomic E-state index is -0.392. The lowest BCUT2D eigenvalue weighted by atomic mass is 9.87. The van der Waals surface area contributed by atoms with Crippen LogP contribution in [0.4, 0.5) is 0 Å². The van der Waals surface area contributed by atoms with Crippen molar-refractivity contribution >= 4 is 5.97 Å². The molecule has 2 rings (SSSR count). The van der Waals surface area contributed by atoms with E-state index in [0.717, 1.165) is 25.7 Å². The van der Waals surface area contributed by atoms with E-state index in [1.54, 1.807) is 0 Å². The Morgan fingerprint density at radius 3 is 1.73 bits per heavy atom. The predicted molar refractivity (Wildman–Crippen MR) is 106 cm³/mol. The summed E-state index contributed by atoms with van der Waals surface area (Å²) in [6, 6.07) is 7.64. The maximum Gasteiger partial charge on any atom is 0.373 e. The minimum absolute atomic E-state index is 0.0345. The molecule has 1 aliphatic rings. The number of hydrogen-bond donors (Lipinski definition) is 0. The van der Waals surface area contributed by atoms with Gasteiger partial charge in [0, 0.05) is 0 Å². The van der Waals surface area contributed by atoms with E-state index in [0.29, 0.717) is 5.56 Å². The third-order valence-corrected chi connectivity index (χ3v) is 5.30. The van der Waals surface area contributed by atoms with E-state index in [9.17, 15) is 4.79 Å². The molecule has 0 atom stereocenters. The highest BCUT2D eigenvalue weighted by Gasteiger charge is 2.17. The molecule has 1 aromatic carbocycles. The van der Waals surface area contributed by atoms with Gasteiger partial charge in [-0.2, -0.15) is 4.89 Å². The van der Waals surface area contributed by atoms with Crippen LogP contribution in [0, 0.1) is 0 Å². The maximum absolute atomic E-state index is 12.3. The molecule has 0 aliphatic heterocycles. The fraction of sp³-hybridized carbons (Fsp3) is 0.696. The van der Waals surface area contributed by atoms with Gasteiger partial charge >= 0.3 is 5.97 Å². The second-order valence-corrected chi connectivity index (χ2v) is 8.68. The Kier molecular flexibility index (Phi) is 8.64. The van der Waals surface area contributed by atoms with Crippen molar-refractivity contribution in [2.45, 2.75) is 103 Å². The fourth-order valence-corrected chi connectivity index (χ4v) is 3.49. The van der Waals surface area contributed by atoms with Crippen LogP contribution in [-0.4, -0.2) is 12.1 Å². The summed E-state index contributed by atoms with van der Waals surface area (Å²) in [6.45, 7) is 6.48. The summed E-state index contributed by atoms with van der Waals surface area (Å²) in [5.41, 5.74) is 1.83.